The Morgan fingerprint density at radius 1 is 1.00 bits per heavy atom. The van der Waals surface area contributed by atoms with Gasteiger partial charge in [0.15, 0.2) is 5.43 Å². The van der Waals surface area contributed by atoms with Crippen molar-refractivity contribution in [3.8, 4) is 0 Å². The summed E-state index contributed by atoms with van der Waals surface area (Å²) >= 11 is 19.8. The molecule has 5 rings (SSSR count). The number of carbonyl (C=O) groups is 1. The molecule has 6 nitrogen and oxygen atoms in total. The number of rotatable bonds is 2. The summed E-state index contributed by atoms with van der Waals surface area (Å²) in [4.78, 5) is 28.4. The number of nitrogens with zero attached hydrogens (tertiary/aromatic N) is 3. The van der Waals surface area contributed by atoms with Crippen LogP contribution >= 0.6 is 46.1 Å². The standard InChI is InChI=1S/C21H12Cl3N3O3S/c1-8-5-15-11(7-13(8)23)18(28)16-17(10-3-4-12(22)14(24)6-10)27(20(29)19(16)30-15)21-26-25-9(2)31-21/h3-7,17H,1-2H3. The number of aromatic nitrogens is 2. The summed E-state index contributed by atoms with van der Waals surface area (Å²) in [5.41, 5.74) is 1.48. The number of fused-ring (bicyclic) bond motifs is 2. The number of hydrogen-bond donors (Lipinski definition) is 0. The van der Waals surface area contributed by atoms with E-state index in [-0.39, 0.29) is 16.8 Å². The van der Waals surface area contributed by atoms with E-state index in [0.29, 0.717) is 41.7 Å². The van der Waals surface area contributed by atoms with Crippen molar-refractivity contribution >= 4 is 68.1 Å². The Morgan fingerprint density at radius 3 is 2.45 bits per heavy atom. The quantitative estimate of drug-likeness (QED) is 0.344. The largest absolute Gasteiger partial charge is 0.450 e. The van der Waals surface area contributed by atoms with Crippen molar-refractivity contribution in [2.24, 2.45) is 0 Å². The molecule has 2 aromatic heterocycles. The zero-order chi connectivity index (χ0) is 22.0. The minimum atomic E-state index is -0.801. The average molecular weight is 493 g/mol. The first-order chi connectivity index (χ1) is 14.8. The highest BCUT2D eigenvalue weighted by Gasteiger charge is 2.45. The van der Waals surface area contributed by atoms with E-state index in [1.807, 2.05) is 0 Å². The van der Waals surface area contributed by atoms with Gasteiger partial charge in [-0.1, -0.05) is 52.2 Å². The molecule has 2 aromatic carbocycles. The molecule has 0 fully saturated rings. The van der Waals surface area contributed by atoms with Crippen LogP contribution in [0.4, 0.5) is 5.13 Å². The SMILES string of the molecule is Cc1nnc(N2C(=O)c3oc4cc(C)c(Cl)cc4c(=O)c3C2c2ccc(Cl)c(Cl)c2)s1. The van der Waals surface area contributed by atoms with Crippen molar-refractivity contribution in [2.75, 3.05) is 4.90 Å². The number of hydrogen-bond acceptors (Lipinski definition) is 6. The summed E-state index contributed by atoms with van der Waals surface area (Å²) in [7, 11) is 0. The lowest BCUT2D eigenvalue weighted by molar-refractivity contribution is 0.0970. The van der Waals surface area contributed by atoms with Crippen molar-refractivity contribution in [1.82, 2.24) is 10.2 Å². The van der Waals surface area contributed by atoms with Gasteiger partial charge >= 0.3 is 0 Å². The first-order valence-corrected chi connectivity index (χ1v) is 11.1. The maximum atomic E-state index is 13.6. The Kier molecular flexibility index (Phi) is 4.82. The molecule has 31 heavy (non-hydrogen) atoms. The maximum Gasteiger partial charge on any atom is 0.297 e. The summed E-state index contributed by atoms with van der Waals surface area (Å²) < 4.78 is 5.94. The molecule has 156 valence electrons. The van der Waals surface area contributed by atoms with Crippen molar-refractivity contribution < 1.29 is 9.21 Å². The molecule has 1 aliphatic heterocycles. The number of carbonyl (C=O) groups excluding carboxylic acids is 1. The molecular formula is C21H12Cl3N3O3S. The second-order valence-electron chi connectivity index (χ2n) is 7.13. The Balaban J connectivity index is 1.84. The van der Waals surface area contributed by atoms with Gasteiger partial charge in [0.2, 0.25) is 10.9 Å². The van der Waals surface area contributed by atoms with Gasteiger partial charge in [0, 0.05) is 5.02 Å². The van der Waals surface area contributed by atoms with Gasteiger partial charge < -0.3 is 4.42 Å². The molecule has 0 radical (unpaired) electrons. The number of anilines is 1. The third kappa shape index (κ3) is 3.15. The molecule has 1 unspecified atom stereocenters. The van der Waals surface area contributed by atoms with Gasteiger partial charge in [-0.2, -0.15) is 0 Å². The predicted octanol–water partition coefficient (Wildman–Crippen LogP) is 5.97. The molecule has 0 aliphatic carbocycles. The lowest BCUT2D eigenvalue weighted by atomic mass is 9.98. The minimum Gasteiger partial charge on any atom is -0.450 e. The normalized spacial score (nSPS) is 15.7. The number of amides is 1. The van der Waals surface area contributed by atoms with Crippen LogP contribution in [-0.4, -0.2) is 16.1 Å². The van der Waals surface area contributed by atoms with Gasteiger partial charge in [-0.25, -0.2) is 0 Å². The van der Waals surface area contributed by atoms with E-state index in [1.54, 1.807) is 44.2 Å². The van der Waals surface area contributed by atoms with Crippen LogP contribution in [0.2, 0.25) is 15.1 Å². The lowest BCUT2D eigenvalue weighted by Gasteiger charge is -2.22. The molecule has 3 heterocycles. The highest BCUT2D eigenvalue weighted by Crippen LogP contribution is 2.43. The van der Waals surface area contributed by atoms with Crippen LogP contribution < -0.4 is 10.3 Å². The minimum absolute atomic E-state index is 0.0388. The molecule has 10 heteroatoms. The van der Waals surface area contributed by atoms with E-state index in [2.05, 4.69) is 10.2 Å². The zero-order valence-corrected chi connectivity index (χ0v) is 19.2. The first-order valence-electron chi connectivity index (χ1n) is 9.11. The fraction of sp³-hybridized carbons (Fsp3) is 0.143. The van der Waals surface area contributed by atoms with Crippen LogP contribution in [0.1, 0.15) is 38.3 Å². The molecule has 0 bridgehead atoms. The molecule has 0 N–H and O–H groups in total. The molecule has 0 saturated heterocycles. The number of halogens is 3. The second kappa shape index (κ2) is 7.31. The number of benzene rings is 2. The molecule has 1 amide bonds. The van der Waals surface area contributed by atoms with Gasteiger partial charge in [0.05, 0.1) is 27.0 Å². The highest BCUT2D eigenvalue weighted by atomic mass is 35.5. The van der Waals surface area contributed by atoms with E-state index in [4.69, 9.17) is 39.2 Å². The smallest absolute Gasteiger partial charge is 0.297 e. The summed E-state index contributed by atoms with van der Waals surface area (Å²) in [6, 6.07) is 7.38. The fourth-order valence-corrected chi connectivity index (χ4v) is 4.86. The molecule has 4 aromatic rings. The van der Waals surface area contributed by atoms with Crippen LogP contribution in [0.3, 0.4) is 0 Å². The lowest BCUT2D eigenvalue weighted by Crippen LogP contribution is -2.29. The topological polar surface area (TPSA) is 76.3 Å². The van der Waals surface area contributed by atoms with Crippen LogP contribution in [0.25, 0.3) is 11.0 Å². The van der Waals surface area contributed by atoms with E-state index in [1.165, 1.54) is 16.2 Å². The molecule has 0 saturated carbocycles. The van der Waals surface area contributed by atoms with Crippen molar-refractivity contribution in [3.63, 3.8) is 0 Å². The summed E-state index contributed by atoms with van der Waals surface area (Å²) in [5.74, 6) is -0.517. The van der Waals surface area contributed by atoms with E-state index in [0.717, 1.165) is 5.56 Å². The van der Waals surface area contributed by atoms with Crippen LogP contribution in [0, 0.1) is 13.8 Å². The van der Waals surface area contributed by atoms with E-state index >= 15 is 0 Å². The van der Waals surface area contributed by atoms with Crippen molar-refractivity contribution in [2.45, 2.75) is 19.9 Å². The number of aryl methyl sites for hydroxylation is 2. The van der Waals surface area contributed by atoms with Crippen molar-refractivity contribution in [1.29, 1.82) is 0 Å². The molecular weight excluding hydrogens is 481 g/mol. The van der Waals surface area contributed by atoms with Crippen LogP contribution in [0.15, 0.2) is 39.5 Å². The van der Waals surface area contributed by atoms with Crippen LogP contribution in [0.5, 0.6) is 0 Å². The predicted molar refractivity (Wildman–Crippen MR) is 122 cm³/mol. The van der Waals surface area contributed by atoms with E-state index < -0.39 is 11.9 Å². The maximum absolute atomic E-state index is 13.6. The zero-order valence-electron chi connectivity index (χ0n) is 16.1. The third-order valence-electron chi connectivity index (χ3n) is 5.13. The highest BCUT2D eigenvalue weighted by molar-refractivity contribution is 7.15. The molecule has 1 atom stereocenters. The Hall–Kier alpha value is -2.45. The van der Waals surface area contributed by atoms with Gasteiger partial charge in [0.1, 0.15) is 10.6 Å². The Labute approximate surface area is 195 Å². The van der Waals surface area contributed by atoms with Crippen LogP contribution in [-0.2, 0) is 0 Å². The second-order valence-corrected chi connectivity index (χ2v) is 9.51. The summed E-state index contributed by atoms with van der Waals surface area (Å²) in [5, 5.41) is 10.6. The Morgan fingerprint density at radius 2 is 1.77 bits per heavy atom. The van der Waals surface area contributed by atoms with Gasteiger partial charge in [-0.05, 0) is 49.2 Å². The fourth-order valence-electron chi connectivity index (χ4n) is 3.67. The summed E-state index contributed by atoms with van der Waals surface area (Å²) in [6.45, 7) is 3.58. The van der Waals surface area contributed by atoms with E-state index in [9.17, 15) is 9.59 Å². The first kappa shape index (κ1) is 20.5. The molecule has 1 aliphatic rings. The van der Waals surface area contributed by atoms with Gasteiger partial charge in [-0.3, -0.25) is 14.5 Å². The van der Waals surface area contributed by atoms with Gasteiger partial charge in [0.25, 0.3) is 5.91 Å². The van der Waals surface area contributed by atoms with Crippen molar-refractivity contribution in [3.05, 3.63) is 83.1 Å². The monoisotopic (exact) mass is 491 g/mol. The average Bonchev–Trinajstić information content (AvgIpc) is 3.27. The Bertz CT molecular complexity index is 1460. The molecule has 0 spiro atoms. The third-order valence-corrected chi connectivity index (χ3v) is 7.12. The van der Waals surface area contributed by atoms with Gasteiger partial charge in [-0.15, -0.1) is 10.2 Å². The summed E-state index contributed by atoms with van der Waals surface area (Å²) in [6.07, 6.45) is 0.